The highest BCUT2D eigenvalue weighted by molar-refractivity contribution is 5.89. The molecule has 0 saturated carbocycles. The van der Waals surface area contributed by atoms with Crippen LogP contribution in [0.1, 0.15) is 11.4 Å². The van der Waals surface area contributed by atoms with Gasteiger partial charge in [0.1, 0.15) is 23.2 Å². The Balaban J connectivity index is 1.37. The van der Waals surface area contributed by atoms with Crippen LogP contribution in [0.5, 0.6) is 5.75 Å². The number of hydrogen-bond acceptors (Lipinski definition) is 6. The summed E-state index contributed by atoms with van der Waals surface area (Å²) in [6.07, 6.45) is 0. The average molecular weight is 433 g/mol. The molecule has 1 aliphatic heterocycles. The van der Waals surface area contributed by atoms with Gasteiger partial charge >= 0.3 is 6.03 Å². The molecule has 2 amide bonds. The molecule has 2 N–H and O–H groups in total. The van der Waals surface area contributed by atoms with E-state index in [1.165, 1.54) is 5.56 Å². The third-order valence-corrected chi connectivity index (χ3v) is 5.36. The van der Waals surface area contributed by atoms with Crippen LogP contribution in [0.4, 0.5) is 27.8 Å². The lowest BCUT2D eigenvalue weighted by Gasteiger charge is -2.35. The van der Waals surface area contributed by atoms with Crippen LogP contribution in [0, 0.1) is 13.8 Å². The van der Waals surface area contributed by atoms with Crippen molar-refractivity contribution in [1.82, 2.24) is 14.9 Å². The lowest BCUT2D eigenvalue weighted by molar-refractivity contribution is 0.208. The first-order chi connectivity index (χ1) is 15.5. The number of urea groups is 1. The Bertz CT molecular complexity index is 1080. The lowest BCUT2D eigenvalue weighted by Crippen LogP contribution is -2.50. The first-order valence-electron chi connectivity index (χ1n) is 10.6. The Morgan fingerprint density at radius 2 is 1.69 bits per heavy atom. The van der Waals surface area contributed by atoms with E-state index in [0.717, 1.165) is 23.0 Å². The molecule has 2 aromatic carbocycles. The minimum absolute atomic E-state index is 0.113. The van der Waals surface area contributed by atoms with Crippen LogP contribution in [-0.4, -0.2) is 54.2 Å². The van der Waals surface area contributed by atoms with Crippen LogP contribution in [-0.2, 0) is 0 Å². The van der Waals surface area contributed by atoms with Crippen molar-refractivity contribution in [2.24, 2.45) is 0 Å². The summed E-state index contributed by atoms with van der Waals surface area (Å²) < 4.78 is 5.22. The number of amides is 2. The molecule has 32 heavy (non-hydrogen) atoms. The van der Waals surface area contributed by atoms with E-state index in [-0.39, 0.29) is 6.03 Å². The molecule has 8 heteroatoms. The van der Waals surface area contributed by atoms with Crippen molar-refractivity contribution in [2.45, 2.75) is 13.8 Å². The average Bonchev–Trinajstić information content (AvgIpc) is 2.80. The quantitative estimate of drug-likeness (QED) is 0.629. The Labute approximate surface area is 188 Å². The van der Waals surface area contributed by atoms with Gasteiger partial charge in [-0.15, -0.1) is 0 Å². The number of hydrogen-bond donors (Lipinski definition) is 2. The van der Waals surface area contributed by atoms with Gasteiger partial charge in [-0.1, -0.05) is 23.8 Å². The van der Waals surface area contributed by atoms with E-state index in [4.69, 9.17) is 4.74 Å². The predicted molar refractivity (Wildman–Crippen MR) is 127 cm³/mol. The third kappa shape index (κ3) is 5.26. The minimum atomic E-state index is -0.113. The molecule has 4 rings (SSSR count). The summed E-state index contributed by atoms with van der Waals surface area (Å²) >= 11 is 0. The number of nitrogens with zero attached hydrogens (tertiary/aromatic N) is 4. The molecule has 8 nitrogen and oxygen atoms in total. The summed E-state index contributed by atoms with van der Waals surface area (Å²) in [6.45, 7) is 6.58. The van der Waals surface area contributed by atoms with Gasteiger partial charge in [-0.3, -0.25) is 0 Å². The number of aromatic nitrogens is 2. The SMILES string of the molecule is COc1cccc(NC(=O)N2CCN(c3cc(Nc4ccc(C)cc4)nc(C)n3)CC2)c1. The topological polar surface area (TPSA) is 82.6 Å². The molecule has 0 bridgehead atoms. The molecular formula is C24H28N6O2. The number of methoxy groups -OCH3 is 1. The van der Waals surface area contributed by atoms with Crippen molar-refractivity contribution in [3.63, 3.8) is 0 Å². The van der Waals surface area contributed by atoms with Crippen molar-refractivity contribution in [2.75, 3.05) is 48.8 Å². The number of benzene rings is 2. The highest BCUT2D eigenvalue weighted by Gasteiger charge is 2.22. The summed E-state index contributed by atoms with van der Waals surface area (Å²) in [4.78, 5) is 25.8. The lowest BCUT2D eigenvalue weighted by atomic mass is 10.2. The first kappa shape index (κ1) is 21.4. The summed E-state index contributed by atoms with van der Waals surface area (Å²) in [5.41, 5.74) is 2.91. The maximum atomic E-state index is 12.7. The standard InChI is InChI=1S/C24H28N6O2/c1-17-7-9-19(10-8-17)27-22-16-23(26-18(2)25-22)29-11-13-30(14-12-29)24(31)28-20-5-4-6-21(15-20)32-3/h4-10,15-16H,11-14H2,1-3H3,(H,28,31)(H,25,26,27). The minimum Gasteiger partial charge on any atom is -0.497 e. The van der Waals surface area contributed by atoms with Gasteiger partial charge in [0.25, 0.3) is 0 Å². The van der Waals surface area contributed by atoms with Crippen molar-refractivity contribution in [3.05, 3.63) is 66.0 Å². The Morgan fingerprint density at radius 1 is 0.938 bits per heavy atom. The monoisotopic (exact) mass is 432 g/mol. The van der Waals surface area contributed by atoms with E-state index >= 15 is 0 Å². The fourth-order valence-corrected chi connectivity index (χ4v) is 3.60. The highest BCUT2D eigenvalue weighted by Crippen LogP contribution is 2.22. The van der Waals surface area contributed by atoms with Gasteiger partial charge < -0.3 is 25.2 Å². The van der Waals surface area contributed by atoms with Crippen LogP contribution in [0.15, 0.2) is 54.6 Å². The van der Waals surface area contributed by atoms with Gasteiger partial charge in [0.05, 0.1) is 7.11 Å². The zero-order valence-electron chi connectivity index (χ0n) is 18.6. The van der Waals surface area contributed by atoms with Crippen LogP contribution in [0.2, 0.25) is 0 Å². The van der Waals surface area contributed by atoms with Crippen LogP contribution in [0.25, 0.3) is 0 Å². The molecular weight excluding hydrogens is 404 g/mol. The number of carbonyl (C=O) groups is 1. The van der Waals surface area contributed by atoms with Gasteiger partial charge in [0.15, 0.2) is 0 Å². The normalized spacial score (nSPS) is 13.6. The fourth-order valence-electron chi connectivity index (χ4n) is 3.60. The maximum Gasteiger partial charge on any atom is 0.321 e. The van der Waals surface area contributed by atoms with Crippen LogP contribution in [0.3, 0.4) is 0 Å². The van der Waals surface area contributed by atoms with Gasteiger partial charge in [0, 0.05) is 49.7 Å². The summed E-state index contributed by atoms with van der Waals surface area (Å²) in [5, 5.41) is 6.30. The molecule has 1 saturated heterocycles. The highest BCUT2D eigenvalue weighted by atomic mass is 16.5. The second-order valence-electron chi connectivity index (χ2n) is 7.79. The summed E-state index contributed by atoms with van der Waals surface area (Å²) in [6, 6.07) is 17.4. The number of aryl methyl sites for hydroxylation is 2. The molecule has 0 atom stereocenters. The van der Waals surface area contributed by atoms with E-state index in [9.17, 15) is 4.79 Å². The van der Waals surface area contributed by atoms with E-state index in [0.29, 0.717) is 37.8 Å². The van der Waals surface area contributed by atoms with Gasteiger partial charge in [-0.05, 0) is 38.1 Å². The molecule has 1 aliphatic rings. The van der Waals surface area contributed by atoms with Gasteiger partial charge in [-0.25, -0.2) is 14.8 Å². The van der Waals surface area contributed by atoms with Crippen molar-refractivity contribution >= 4 is 29.0 Å². The van der Waals surface area contributed by atoms with E-state index in [1.54, 1.807) is 13.2 Å². The molecule has 0 spiro atoms. The zero-order chi connectivity index (χ0) is 22.5. The molecule has 0 aliphatic carbocycles. The third-order valence-electron chi connectivity index (χ3n) is 5.36. The number of piperazine rings is 1. The van der Waals surface area contributed by atoms with E-state index < -0.39 is 0 Å². The Morgan fingerprint density at radius 3 is 2.41 bits per heavy atom. The number of ether oxygens (including phenoxy) is 1. The molecule has 0 unspecified atom stereocenters. The molecule has 1 aromatic heterocycles. The van der Waals surface area contributed by atoms with Crippen molar-refractivity contribution < 1.29 is 9.53 Å². The Kier molecular flexibility index (Phi) is 6.39. The zero-order valence-corrected chi connectivity index (χ0v) is 18.6. The Hall–Kier alpha value is -3.81. The fraction of sp³-hybridized carbons (Fsp3) is 0.292. The largest absolute Gasteiger partial charge is 0.497 e. The smallest absolute Gasteiger partial charge is 0.321 e. The van der Waals surface area contributed by atoms with Crippen molar-refractivity contribution in [1.29, 1.82) is 0 Å². The number of nitrogens with one attached hydrogen (secondary N) is 2. The second-order valence-corrected chi connectivity index (χ2v) is 7.79. The molecule has 166 valence electrons. The summed E-state index contributed by atoms with van der Waals surface area (Å²) in [7, 11) is 1.61. The number of anilines is 4. The maximum absolute atomic E-state index is 12.7. The van der Waals surface area contributed by atoms with Crippen molar-refractivity contribution in [3.8, 4) is 5.75 Å². The van der Waals surface area contributed by atoms with Gasteiger partial charge in [0.2, 0.25) is 0 Å². The van der Waals surface area contributed by atoms with Crippen LogP contribution >= 0.6 is 0 Å². The molecule has 2 heterocycles. The van der Waals surface area contributed by atoms with Crippen LogP contribution < -0.4 is 20.3 Å². The number of rotatable bonds is 5. The van der Waals surface area contributed by atoms with Gasteiger partial charge in [-0.2, -0.15) is 0 Å². The first-order valence-corrected chi connectivity index (χ1v) is 10.6. The molecule has 1 fully saturated rings. The second kappa shape index (κ2) is 9.55. The number of carbonyl (C=O) groups excluding carboxylic acids is 1. The predicted octanol–water partition coefficient (Wildman–Crippen LogP) is 4.20. The molecule has 3 aromatic rings. The molecule has 0 radical (unpaired) electrons. The summed E-state index contributed by atoms with van der Waals surface area (Å²) in [5.74, 6) is 3.03. The van der Waals surface area contributed by atoms with E-state index in [2.05, 4.69) is 44.6 Å². The van der Waals surface area contributed by atoms with E-state index in [1.807, 2.05) is 48.2 Å².